The van der Waals surface area contributed by atoms with E-state index in [0.717, 1.165) is 16.8 Å². The van der Waals surface area contributed by atoms with E-state index >= 15 is 0 Å². The molecule has 0 radical (unpaired) electrons. The summed E-state index contributed by atoms with van der Waals surface area (Å²) in [5.74, 6) is -0.0362. The third kappa shape index (κ3) is 2.50. The second kappa shape index (κ2) is 5.37. The molecule has 0 amide bonds. The number of aromatic nitrogens is 2. The fourth-order valence-electron chi connectivity index (χ4n) is 2.32. The predicted molar refractivity (Wildman–Crippen MR) is 82.9 cm³/mol. The smallest absolute Gasteiger partial charge is 0.213 e. The monoisotopic (exact) mass is 276 g/mol. The van der Waals surface area contributed by atoms with Crippen molar-refractivity contribution in [3.8, 4) is 5.69 Å². The molecule has 0 aliphatic rings. The Balaban J connectivity index is 1.97. The maximum Gasteiger partial charge on any atom is 0.213 e. The molecular weight excluding hydrogens is 260 g/mol. The lowest BCUT2D eigenvalue weighted by Gasteiger charge is -2.05. The number of carbonyl (C=O) groups excluding carboxylic acids is 1. The van der Waals surface area contributed by atoms with Crippen LogP contribution in [-0.4, -0.2) is 15.3 Å². The van der Waals surface area contributed by atoms with Gasteiger partial charge in [-0.1, -0.05) is 36.4 Å². The molecule has 0 aliphatic heterocycles. The Bertz CT molecular complexity index is 788. The van der Waals surface area contributed by atoms with Gasteiger partial charge in [0.2, 0.25) is 5.78 Å². The van der Waals surface area contributed by atoms with Gasteiger partial charge in [0.15, 0.2) is 0 Å². The number of imidazole rings is 1. The molecule has 3 rings (SSSR count). The third-order valence-corrected chi connectivity index (χ3v) is 3.72. The Kier molecular flexibility index (Phi) is 3.40. The van der Waals surface area contributed by atoms with Gasteiger partial charge in [0.25, 0.3) is 0 Å². The molecule has 0 aliphatic carbocycles. The maximum absolute atomic E-state index is 12.6. The zero-order valence-electron chi connectivity index (χ0n) is 12.1. The van der Waals surface area contributed by atoms with Crippen molar-refractivity contribution in [3.63, 3.8) is 0 Å². The largest absolute Gasteiger partial charge is 0.306 e. The van der Waals surface area contributed by atoms with Gasteiger partial charge < -0.3 is 4.57 Å². The molecule has 0 bridgehead atoms. The van der Waals surface area contributed by atoms with Crippen molar-refractivity contribution >= 4 is 5.78 Å². The molecule has 3 heteroatoms. The molecular formula is C18H16N2O. The van der Waals surface area contributed by atoms with Crippen molar-refractivity contribution in [2.75, 3.05) is 0 Å². The molecule has 1 heterocycles. The quantitative estimate of drug-likeness (QED) is 0.683. The molecule has 0 N–H and O–H groups in total. The van der Waals surface area contributed by atoms with Crippen LogP contribution in [0.4, 0.5) is 0 Å². The third-order valence-electron chi connectivity index (χ3n) is 3.72. The van der Waals surface area contributed by atoms with E-state index in [9.17, 15) is 4.79 Å². The minimum Gasteiger partial charge on any atom is -0.306 e. The molecule has 104 valence electrons. The lowest BCUT2D eigenvalue weighted by molar-refractivity contribution is 0.103. The van der Waals surface area contributed by atoms with E-state index in [0.29, 0.717) is 11.3 Å². The van der Waals surface area contributed by atoms with Gasteiger partial charge in [-0.25, -0.2) is 4.98 Å². The van der Waals surface area contributed by atoms with Crippen LogP contribution in [0.15, 0.2) is 61.1 Å². The molecule has 0 atom stereocenters. The van der Waals surface area contributed by atoms with Crippen LogP contribution in [0.1, 0.15) is 27.2 Å². The van der Waals surface area contributed by atoms with E-state index in [4.69, 9.17) is 0 Å². The van der Waals surface area contributed by atoms with Crippen LogP contribution in [0.25, 0.3) is 5.69 Å². The Morgan fingerprint density at radius 3 is 2.52 bits per heavy atom. The standard InChI is InChI=1S/C18H16N2O/c1-13-7-6-10-16(14(13)2)18(21)17-11-20(12-19-17)15-8-4-3-5-9-15/h3-12H,1-2H3. The summed E-state index contributed by atoms with van der Waals surface area (Å²) in [5, 5.41) is 0. The molecule has 0 fully saturated rings. The number of nitrogens with zero attached hydrogens (tertiary/aromatic N) is 2. The Labute approximate surface area is 123 Å². The SMILES string of the molecule is Cc1cccc(C(=O)c2cn(-c3ccccc3)cn2)c1C. The Morgan fingerprint density at radius 1 is 1.00 bits per heavy atom. The zero-order valence-corrected chi connectivity index (χ0v) is 12.1. The maximum atomic E-state index is 12.6. The van der Waals surface area contributed by atoms with E-state index in [2.05, 4.69) is 4.98 Å². The molecule has 0 saturated carbocycles. The molecule has 3 nitrogen and oxygen atoms in total. The highest BCUT2D eigenvalue weighted by molar-refractivity contribution is 6.08. The van der Waals surface area contributed by atoms with Crippen LogP contribution in [0.5, 0.6) is 0 Å². The van der Waals surface area contributed by atoms with Crippen LogP contribution in [0.3, 0.4) is 0 Å². The summed E-state index contributed by atoms with van der Waals surface area (Å²) >= 11 is 0. The van der Waals surface area contributed by atoms with Gasteiger partial charge in [-0.05, 0) is 37.1 Å². The van der Waals surface area contributed by atoms with Crippen LogP contribution in [-0.2, 0) is 0 Å². The summed E-state index contributed by atoms with van der Waals surface area (Å²) in [6, 6.07) is 15.6. The van der Waals surface area contributed by atoms with Crippen molar-refractivity contribution in [1.29, 1.82) is 0 Å². The number of hydrogen-bond donors (Lipinski definition) is 0. The van der Waals surface area contributed by atoms with Crippen molar-refractivity contribution < 1.29 is 4.79 Å². The number of benzene rings is 2. The molecule has 0 saturated heterocycles. The Morgan fingerprint density at radius 2 is 1.76 bits per heavy atom. The number of rotatable bonds is 3. The highest BCUT2D eigenvalue weighted by Gasteiger charge is 2.15. The highest BCUT2D eigenvalue weighted by Crippen LogP contribution is 2.17. The van der Waals surface area contributed by atoms with E-state index in [-0.39, 0.29) is 5.78 Å². The van der Waals surface area contributed by atoms with Crippen LogP contribution in [0, 0.1) is 13.8 Å². The average Bonchev–Trinajstić information content (AvgIpc) is 3.00. The second-order valence-corrected chi connectivity index (χ2v) is 5.08. The number of carbonyl (C=O) groups is 1. The molecule has 3 aromatic rings. The lowest BCUT2D eigenvalue weighted by Crippen LogP contribution is -2.05. The fourth-order valence-corrected chi connectivity index (χ4v) is 2.32. The van der Waals surface area contributed by atoms with E-state index < -0.39 is 0 Å². The van der Waals surface area contributed by atoms with Gasteiger partial charge in [-0.15, -0.1) is 0 Å². The van der Waals surface area contributed by atoms with E-state index in [1.165, 1.54) is 0 Å². The summed E-state index contributed by atoms with van der Waals surface area (Å²) in [5.41, 5.74) is 4.30. The minimum atomic E-state index is -0.0362. The van der Waals surface area contributed by atoms with Gasteiger partial charge in [-0.3, -0.25) is 4.79 Å². The summed E-state index contributed by atoms with van der Waals surface area (Å²) < 4.78 is 1.86. The number of aryl methyl sites for hydroxylation is 1. The van der Waals surface area contributed by atoms with E-state index in [1.54, 1.807) is 12.5 Å². The van der Waals surface area contributed by atoms with Gasteiger partial charge in [0.05, 0.1) is 0 Å². The van der Waals surface area contributed by atoms with Crippen molar-refractivity contribution in [3.05, 3.63) is 83.4 Å². The number of para-hydroxylation sites is 1. The normalized spacial score (nSPS) is 10.6. The van der Waals surface area contributed by atoms with Gasteiger partial charge in [0, 0.05) is 17.4 Å². The lowest BCUT2D eigenvalue weighted by atomic mass is 9.99. The van der Waals surface area contributed by atoms with Gasteiger partial charge >= 0.3 is 0 Å². The zero-order chi connectivity index (χ0) is 14.8. The average molecular weight is 276 g/mol. The van der Waals surface area contributed by atoms with Crippen LogP contribution < -0.4 is 0 Å². The molecule has 1 aromatic heterocycles. The number of hydrogen-bond acceptors (Lipinski definition) is 2. The first-order chi connectivity index (χ1) is 10.2. The molecule has 0 unspecified atom stereocenters. The Hall–Kier alpha value is -2.68. The molecule has 21 heavy (non-hydrogen) atoms. The first-order valence-electron chi connectivity index (χ1n) is 6.87. The predicted octanol–water partition coefficient (Wildman–Crippen LogP) is 3.72. The van der Waals surface area contributed by atoms with Crippen LogP contribution in [0.2, 0.25) is 0 Å². The fraction of sp³-hybridized carbons (Fsp3) is 0.111. The summed E-state index contributed by atoms with van der Waals surface area (Å²) in [4.78, 5) is 16.8. The first kappa shape index (κ1) is 13.3. The van der Waals surface area contributed by atoms with Gasteiger partial charge in [0.1, 0.15) is 12.0 Å². The summed E-state index contributed by atoms with van der Waals surface area (Å²) in [6.45, 7) is 3.98. The van der Waals surface area contributed by atoms with Crippen molar-refractivity contribution in [2.24, 2.45) is 0 Å². The van der Waals surface area contributed by atoms with Crippen molar-refractivity contribution in [1.82, 2.24) is 9.55 Å². The minimum absolute atomic E-state index is 0.0362. The summed E-state index contributed by atoms with van der Waals surface area (Å²) in [6.07, 6.45) is 3.45. The second-order valence-electron chi connectivity index (χ2n) is 5.08. The molecule has 2 aromatic carbocycles. The van der Waals surface area contributed by atoms with Gasteiger partial charge in [-0.2, -0.15) is 0 Å². The van der Waals surface area contributed by atoms with Crippen molar-refractivity contribution in [2.45, 2.75) is 13.8 Å². The summed E-state index contributed by atoms with van der Waals surface area (Å²) in [7, 11) is 0. The highest BCUT2D eigenvalue weighted by atomic mass is 16.1. The van der Waals surface area contributed by atoms with E-state index in [1.807, 2.05) is 66.9 Å². The number of ketones is 1. The molecule has 0 spiro atoms. The first-order valence-corrected chi connectivity index (χ1v) is 6.87. The van der Waals surface area contributed by atoms with Crippen LogP contribution >= 0.6 is 0 Å². The topological polar surface area (TPSA) is 34.9 Å².